The molecule has 4 nitrogen and oxygen atoms in total. The lowest BCUT2D eigenvalue weighted by molar-refractivity contribution is 0.0698. The first-order chi connectivity index (χ1) is 8.16. The summed E-state index contributed by atoms with van der Waals surface area (Å²) in [4.78, 5) is 15.0. The van der Waals surface area contributed by atoms with Gasteiger partial charge in [0.1, 0.15) is 0 Å². The second-order valence-electron chi connectivity index (χ2n) is 4.89. The molecule has 0 amide bonds. The number of carboxylic acid groups (broad SMARTS) is 1. The number of rotatable bonds is 4. The molecular weight excluding hydrogens is 216 g/mol. The number of anilines is 1. The van der Waals surface area contributed by atoms with Gasteiger partial charge in [-0.1, -0.05) is 13.3 Å². The van der Waals surface area contributed by atoms with Crippen LogP contribution in [0.1, 0.15) is 36.5 Å². The molecule has 0 saturated heterocycles. The third-order valence-corrected chi connectivity index (χ3v) is 3.44. The molecule has 1 aliphatic carbocycles. The van der Waals surface area contributed by atoms with Gasteiger partial charge in [0, 0.05) is 12.7 Å². The fourth-order valence-electron chi connectivity index (χ4n) is 2.49. The van der Waals surface area contributed by atoms with E-state index in [4.69, 9.17) is 5.11 Å². The van der Waals surface area contributed by atoms with Crippen LogP contribution >= 0.6 is 0 Å². The van der Waals surface area contributed by atoms with E-state index in [2.05, 4.69) is 17.2 Å². The molecule has 1 saturated carbocycles. The van der Waals surface area contributed by atoms with E-state index in [0.717, 1.165) is 12.5 Å². The quantitative estimate of drug-likeness (QED) is 0.840. The van der Waals surface area contributed by atoms with Crippen LogP contribution in [0.3, 0.4) is 0 Å². The molecule has 1 aromatic heterocycles. The molecule has 0 spiro atoms. The van der Waals surface area contributed by atoms with Crippen LogP contribution in [0.15, 0.2) is 18.5 Å². The van der Waals surface area contributed by atoms with Crippen LogP contribution in [0.5, 0.6) is 0 Å². The second-order valence-corrected chi connectivity index (χ2v) is 4.89. The van der Waals surface area contributed by atoms with Crippen molar-refractivity contribution < 1.29 is 9.90 Å². The maximum Gasteiger partial charge on any atom is 0.337 e. The fraction of sp³-hybridized carbons (Fsp3) is 0.538. The highest BCUT2D eigenvalue weighted by Gasteiger charge is 2.21. The lowest BCUT2D eigenvalue weighted by Gasteiger charge is -2.13. The Morgan fingerprint density at radius 3 is 3.06 bits per heavy atom. The van der Waals surface area contributed by atoms with Crippen molar-refractivity contribution in [2.75, 3.05) is 11.9 Å². The first-order valence-corrected chi connectivity index (χ1v) is 6.08. The summed E-state index contributed by atoms with van der Waals surface area (Å²) < 4.78 is 0. The van der Waals surface area contributed by atoms with E-state index in [1.54, 1.807) is 6.20 Å². The van der Waals surface area contributed by atoms with Gasteiger partial charge >= 0.3 is 5.97 Å². The van der Waals surface area contributed by atoms with Gasteiger partial charge in [0.25, 0.3) is 0 Å². The molecule has 0 aromatic carbocycles. The van der Waals surface area contributed by atoms with E-state index >= 15 is 0 Å². The minimum Gasteiger partial charge on any atom is -0.478 e. The Morgan fingerprint density at radius 2 is 2.41 bits per heavy atom. The van der Waals surface area contributed by atoms with Crippen LogP contribution in [-0.2, 0) is 0 Å². The number of aromatic nitrogens is 1. The summed E-state index contributed by atoms with van der Waals surface area (Å²) in [7, 11) is 0. The molecule has 2 rings (SSSR count). The molecule has 2 unspecified atom stereocenters. The average Bonchev–Trinajstić information content (AvgIpc) is 2.73. The van der Waals surface area contributed by atoms with Crippen LogP contribution in [0, 0.1) is 11.8 Å². The first kappa shape index (κ1) is 11.9. The summed E-state index contributed by atoms with van der Waals surface area (Å²) in [5, 5.41) is 12.2. The van der Waals surface area contributed by atoms with Crippen molar-refractivity contribution in [3.63, 3.8) is 0 Å². The van der Waals surface area contributed by atoms with Crippen molar-refractivity contribution in [3.05, 3.63) is 24.0 Å². The van der Waals surface area contributed by atoms with Gasteiger partial charge in [0.2, 0.25) is 0 Å². The first-order valence-electron chi connectivity index (χ1n) is 6.08. The number of hydrogen-bond donors (Lipinski definition) is 2. The summed E-state index contributed by atoms with van der Waals surface area (Å²) in [5.74, 6) is 0.552. The number of nitrogens with zero attached hydrogens (tertiary/aromatic N) is 1. The molecule has 1 aromatic rings. The predicted molar refractivity (Wildman–Crippen MR) is 66.2 cm³/mol. The predicted octanol–water partition coefficient (Wildman–Crippen LogP) is 2.63. The van der Waals surface area contributed by atoms with Crippen molar-refractivity contribution >= 4 is 11.7 Å². The number of hydrogen-bond acceptors (Lipinski definition) is 3. The lowest BCUT2D eigenvalue weighted by Crippen LogP contribution is -2.14. The molecular formula is C13H18N2O2. The van der Waals surface area contributed by atoms with E-state index in [0.29, 0.717) is 17.2 Å². The number of nitrogens with one attached hydrogen (secondary N) is 1. The normalized spacial score (nSPS) is 23.6. The molecule has 92 valence electrons. The third-order valence-electron chi connectivity index (χ3n) is 3.44. The van der Waals surface area contributed by atoms with Crippen molar-refractivity contribution in [2.24, 2.45) is 11.8 Å². The zero-order chi connectivity index (χ0) is 12.3. The van der Waals surface area contributed by atoms with Crippen molar-refractivity contribution in [1.29, 1.82) is 0 Å². The van der Waals surface area contributed by atoms with E-state index in [-0.39, 0.29) is 0 Å². The second kappa shape index (κ2) is 5.17. The Morgan fingerprint density at radius 1 is 1.59 bits per heavy atom. The minimum absolute atomic E-state index is 0.297. The summed E-state index contributed by atoms with van der Waals surface area (Å²) in [6.07, 6.45) is 6.84. The summed E-state index contributed by atoms with van der Waals surface area (Å²) in [5.41, 5.74) is 0.922. The third kappa shape index (κ3) is 2.96. The van der Waals surface area contributed by atoms with Gasteiger partial charge in [-0.15, -0.1) is 0 Å². The van der Waals surface area contributed by atoms with Crippen molar-refractivity contribution in [3.8, 4) is 0 Å². The average molecular weight is 234 g/mol. The van der Waals surface area contributed by atoms with Crippen LogP contribution < -0.4 is 5.32 Å². The van der Waals surface area contributed by atoms with Crippen LogP contribution in [0.2, 0.25) is 0 Å². The van der Waals surface area contributed by atoms with Gasteiger partial charge in [-0.2, -0.15) is 0 Å². The maximum atomic E-state index is 11.0. The molecule has 1 aliphatic rings. The molecule has 0 aliphatic heterocycles. The highest BCUT2D eigenvalue weighted by atomic mass is 16.4. The molecule has 2 N–H and O–H groups in total. The highest BCUT2D eigenvalue weighted by Crippen LogP contribution is 2.30. The Labute approximate surface area is 101 Å². The van der Waals surface area contributed by atoms with Gasteiger partial charge in [-0.25, -0.2) is 4.79 Å². The van der Waals surface area contributed by atoms with Gasteiger partial charge in [-0.3, -0.25) is 4.98 Å². The van der Waals surface area contributed by atoms with Gasteiger partial charge in [-0.05, 0) is 30.7 Å². The zero-order valence-electron chi connectivity index (χ0n) is 10.0. The molecule has 1 heterocycles. The molecule has 0 radical (unpaired) electrons. The fourth-order valence-corrected chi connectivity index (χ4v) is 2.49. The van der Waals surface area contributed by atoms with Crippen LogP contribution in [-0.4, -0.2) is 22.6 Å². The summed E-state index contributed by atoms with van der Waals surface area (Å²) in [6, 6.07) is 1.53. The Kier molecular flexibility index (Phi) is 3.61. The smallest absolute Gasteiger partial charge is 0.337 e. The zero-order valence-corrected chi connectivity index (χ0v) is 10.0. The SMILES string of the molecule is CC1CCC(CNc2cnccc2C(=O)O)C1. The maximum absolute atomic E-state index is 11.0. The number of carbonyl (C=O) groups is 1. The Hall–Kier alpha value is -1.58. The van der Waals surface area contributed by atoms with Crippen LogP contribution in [0.25, 0.3) is 0 Å². The van der Waals surface area contributed by atoms with E-state index in [1.165, 1.54) is 31.5 Å². The van der Waals surface area contributed by atoms with Gasteiger partial charge in [0.15, 0.2) is 0 Å². The Bertz CT molecular complexity index is 406. The van der Waals surface area contributed by atoms with Crippen molar-refractivity contribution in [1.82, 2.24) is 4.98 Å². The molecule has 0 bridgehead atoms. The number of carboxylic acids is 1. The molecule has 1 fully saturated rings. The van der Waals surface area contributed by atoms with E-state index in [9.17, 15) is 4.79 Å². The topological polar surface area (TPSA) is 62.2 Å². The van der Waals surface area contributed by atoms with Gasteiger partial charge in [0.05, 0.1) is 17.4 Å². The number of aromatic carboxylic acids is 1. The molecule has 2 atom stereocenters. The number of pyridine rings is 1. The lowest BCUT2D eigenvalue weighted by atomic mass is 10.1. The Balaban J connectivity index is 1.97. The highest BCUT2D eigenvalue weighted by molar-refractivity contribution is 5.93. The van der Waals surface area contributed by atoms with Crippen molar-refractivity contribution in [2.45, 2.75) is 26.2 Å². The molecule has 17 heavy (non-hydrogen) atoms. The largest absolute Gasteiger partial charge is 0.478 e. The minimum atomic E-state index is -0.908. The standard InChI is InChI=1S/C13H18N2O2/c1-9-2-3-10(6-9)7-15-12-8-14-5-4-11(12)13(16)17/h4-5,8-10,15H,2-3,6-7H2,1H3,(H,16,17). The summed E-state index contributed by atoms with van der Waals surface area (Å²) in [6.45, 7) is 3.11. The molecule has 4 heteroatoms. The van der Waals surface area contributed by atoms with Crippen LogP contribution in [0.4, 0.5) is 5.69 Å². The van der Waals surface area contributed by atoms with E-state index in [1.807, 2.05) is 0 Å². The monoisotopic (exact) mass is 234 g/mol. The van der Waals surface area contributed by atoms with E-state index < -0.39 is 5.97 Å². The van der Waals surface area contributed by atoms with Gasteiger partial charge < -0.3 is 10.4 Å². The summed E-state index contributed by atoms with van der Waals surface area (Å²) >= 11 is 0.